The van der Waals surface area contributed by atoms with Crippen molar-refractivity contribution in [2.45, 2.75) is 39.0 Å². The first kappa shape index (κ1) is 18.8. The fraction of sp³-hybridized carbons (Fsp3) is 0.381. The van der Waals surface area contributed by atoms with E-state index in [0.29, 0.717) is 29.0 Å². The molecule has 0 radical (unpaired) electrons. The molecule has 156 valence electrons. The second-order valence-electron chi connectivity index (χ2n) is 7.83. The van der Waals surface area contributed by atoms with Gasteiger partial charge in [0.2, 0.25) is 5.78 Å². The monoisotopic (exact) mass is 411 g/mol. The number of rotatable bonds is 4. The predicted octanol–water partition coefficient (Wildman–Crippen LogP) is 1.82. The number of benzene rings is 1. The SMILES string of the molecule is Cc1cn2c3c(=O)n(Cc4ccc(F)cc4)c(=O)n(C)c3nc2n1CC1CCCO1. The topological polar surface area (TPSA) is 75.5 Å². The average molecular weight is 411 g/mol. The van der Waals surface area contributed by atoms with Crippen molar-refractivity contribution in [1.82, 2.24) is 23.1 Å². The largest absolute Gasteiger partial charge is 0.376 e. The number of fused-ring (bicyclic) bond motifs is 3. The van der Waals surface area contributed by atoms with Crippen LogP contribution < -0.4 is 11.2 Å². The lowest BCUT2D eigenvalue weighted by Gasteiger charge is -2.11. The number of nitrogens with zero attached hydrogens (tertiary/aromatic N) is 5. The van der Waals surface area contributed by atoms with Gasteiger partial charge in [-0.2, -0.15) is 4.98 Å². The summed E-state index contributed by atoms with van der Waals surface area (Å²) >= 11 is 0. The van der Waals surface area contributed by atoms with Crippen molar-refractivity contribution in [2.75, 3.05) is 6.61 Å². The minimum atomic E-state index is -0.458. The van der Waals surface area contributed by atoms with Gasteiger partial charge in [0.1, 0.15) is 5.82 Å². The Hall–Kier alpha value is -3.20. The van der Waals surface area contributed by atoms with Crippen molar-refractivity contribution >= 4 is 16.9 Å². The highest BCUT2D eigenvalue weighted by atomic mass is 19.1. The van der Waals surface area contributed by atoms with Crippen LogP contribution in [0.1, 0.15) is 24.1 Å². The summed E-state index contributed by atoms with van der Waals surface area (Å²) in [6.45, 7) is 3.45. The number of aryl methyl sites for hydroxylation is 2. The minimum absolute atomic E-state index is 0.0601. The van der Waals surface area contributed by atoms with Crippen LogP contribution in [0.25, 0.3) is 16.9 Å². The molecule has 0 spiro atoms. The number of ether oxygens (including phenoxy) is 1. The fourth-order valence-electron chi connectivity index (χ4n) is 4.18. The summed E-state index contributed by atoms with van der Waals surface area (Å²) < 4.78 is 25.3. The van der Waals surface area contributed by atoms with Crippen LogP contribution in [-0.2, 0) is 24.9 Å². The first-order valence-electron chi connectivity index (χ1n) is 9.98. The lowest BCUT2D eigenvalue weighted by Crippen LogP contribution is -2.39. The van der Waals surface area contributed by atoms with Gasteiger partial charge in [0.25, 0.3) is 5.56 Å². The summed E-state index contributed by atoms with van der Waals surface area (Å²) in [5.41, 5.74) is 1.45. The van der Waals surface area contributed by atoms with E-state index >= 15 is 0 Å². The van der Waals surface area contributed by atoms with E-state index in [1.165, 1.54) is 16.7 Å². The van der Waals surface area contributed by atoms with Crippen LogP contribution in [-0.4, -0.2) is 35.8 Å². The highest BCUT2D eigenvalue weighted by molar-refractivity contribution is 5.75. The van der Waals surface area contributed by atoms with Gasteiger partial charge in [0.15, 0.2) is 11.2 Å². The highest BCUT2D eigenvalue weighted by Crippen LogP contribution is 2.20. The zero-order valence-electron chi connectivity index (χ0n) is 16.8. The zero-order valence-corrected chi connectivity index (χ0v) is 16.8. The van der Waals surface area contributed by atoms with Gasteiger partial charge < -0.3 is 9.30 Å². The van der Waals surface area contributed by atoms with E-state index in [2.05, 4.69) is 4.98 Å². The van der Waals surface area contributed by atoms with Crippen molar-refractivity contribution < 1.29 is 9.13 Å². The van der Waals surface area contributed by atoms with E-state index in [-0.39, 0.29) is 18.5 Å². The fourth-order valence-corrected chi connectivity index (χ4v) is 4.18. The minimum Gasteiger partial charge on any atom is -0.376 e. The van der Waals surface area contributed by atoms with Gasteiger partial charge in [-0.15, -0.1) is 0 Å². The third-order valence-corrected chi connectivity index (χ3v) is 5.80. The van der Waals surface area contributed by atoms with E-state index in [9.17, 15) is 14.0 Å². The molecule has 0 saturated carbocycles. The summed E-state index contributed by atoms with van der Waals surface area (Å²) in [5, 5.41) is 0. The standard InChI is InChI=1S/C21H22FN5O3/c1-13-10-26-17-18(23-20(26)25(13)12-16-4-3-9-30-16)24(2)21(29)27(19(17)28)11-14-5-7-15(22)8-6-14/h5-8,10,16H,3-4,9,11-12H2,1-2H3. The summed E-state index contributed by atoms with van der Waals surface area (Å²) in [6, 6.07) is 5.77. The number of aromatic nitrogens is 5. The van der Waals surface area contributed by atoms with Crippen LogP contribution in [0.4, 0.5) is 4.39 Å². The number of halogens is 1. The molecule has 1 fully saturated rings. The van der Waals surface area contributed by atoms with E-state index in [4.69, 9.17) is 4.74 Å². The van der Waals surface area contributed by atoms with Crippen molar-refractivity contribution in [1.29, 1.82) is 0 Å². The molecule has 1 atom stereocenters. The molecule has 1 saturated heterocycles. The average Bonchev–Trinajstić information content (AvgIpc) is 3.43. The van der Waals surface area contributed by atoms with Gasteiger partial charge in [-0.05, 0) is 37.5 Å². The third kappa shape index (κ3) is 2.88. The first-order chi connectivity index (χ1) is 14.4. The molecule has 1 aliphatic heterocycles. The van der Waals surface area contributed by atoms with Gasteiger partial charge >= 0.3 is 5.69 Å². The zero-order chi connectivity index (χ0) is 21.0. The Morgan fingerprint density at radius 3 is 2.67 bits per heavy atom. The molecule has 0 N–H and O–H groups in total. The molecule has 0 amide bonds. The maximum atomic E-state index is 13.3. The Balaban J connectivity index is 1.68. The van der Waals surface area contributed by atoms with Crippen LogP contribution in [0.3, 0.4) is 0 Å². The van der Waals surface area contributed by atoms with Crippen molar-refractivity contribution in [2.24, 2.45) is 7.05 Å². The van der Waals surface area contributed by atoms with E-state index in [0.717, 1.165) is 29.7 Å². The Kier molecular flexibility index (Phi) is 4.35. The number of hydrogen-bond donors (Lipinski definition) is 0. The van der Waals surface area contributed by atoms with E-state index in [1.54, 1.807) is 23.6 Å². The molecule has 0 bridgehead atoms. The van der Waals surface area contributed by atoms with Crippen molar-refractivity contribution in [3.05, 3.63) is 68.4 Å². The Bertz CT molecular complexity index is 1370. The molecule has 1 aliphatic rings. The molecule has 8 nitrogen and oxygen atoms in total. The normalized spacial score (nSPS) is 16.8. The van der Waals surface area contributed by atoms with Crippen LogP contribution in [0.2, 0.25) is 0 Å². The quantitative estimate of drug-likeness (QED) is 0.514. The molecule has 30 heavy (non-hydrogen) atoms. The Labute approximate surface area is 170 Å². The smallest absolute Gasteiger partial charge is 0.332 e. The Morgan fingerprint density at radius 2 is 1.97 bits per heavy atom. The van der Waals surface area contributed by atoms with Crippen LogP contribution >= 0.6 is 0 Å². The molecule has 3 aromatic heterocycles. The van der Waals surface area contributed by atoms with Gasteiger partial charge in [0, 0.05) is 25.5 Å². The molecule has 0 aliphatic carbocycles. The second kappa shape index (κ2) is 6.94. The molecule has 9 heteroatoms. The highest BCUT2D eigenvalue weighted by Gasteiger charge is 2.23. The lowest BCUT2D eigenvalue weighted by atomic mass is 10.2. The second-order valence-corrected chi connectivity index (χ2v) is 7.83. The number of imidazole rings is 2. The van der Waals surface area contributed by atoms with Gasteiger partial charge in [0.05, 0.1) is 19.2 Å². The molecule has 4 heterocycles. The molecule has 5 rings (SSSR count). The van der Waals surface area contributed by atoms with E-state index < -0.39 is 11.2 Å². The summed E-state index contributed by atoms with van der Waals surface area (Å²) in [6.07, 6.45) is 4.03. The van der Waals surface area contributed by atoms with Crippen molar-refractivity contribution in [3.63, 3.8) is 0 Å². The molecule has 1 unspecified atom stereocenters. The summed E-state index contributed by atoms with van der Waals surface area (Å²) in [5.74, 6) is 0.250. The lowest BCUT2D eigenvalue weighted by molar-refractivity contribution is 0.0974. The third-order valence-electron chi connectivity index (χ3n) is 5.80. The van der Waals surface area contributed by atoms with Crippen molar-refractivity contribution in [3.8, 4) is 0 Å². The Morgan fingerprint density at radius 1 is 1.20 bits per heavy atom. The molecule has 4 aromatic rings. The first-order valence-corrected chi connectivity index (χ1v) is 9.98. The summed E-state index contributed by atoms with van der Waals surface area (Å²) in [7, 11) is 1.61. The molecular weight excluding hydrogens is 389 g/mol. The summed E-state index contributed by atoms with van der Waals surface area (Å²) in [4.78, 5) is 30.8. The van der Waals surface area contributed by atoms with Crippen LogP contribution in [0.5, 0.6) is 0 Å². The van der Waals surface area contributed by atoms with Gasteiger partial charge in [-0.1, -0.05) is 12.1 Å². The van der Waals surface area contributed by atoms with Gasteiger partial charge in [-0.3, -0.25) is 18.3 Å². The molecule has 1 aromatic carbocycles. The van der Waals surface area contributed by atoms with Crippen LogP contribution in [0, 0.1) is 12.7 Å². The molecular formula is C21H22FN5O3. The maximum Gasteiger partial charge on any atom is 0.332 e. The predicted molar refractivity (Wildman–Crippen MR) is 109 cm³/mol. The van der Waals surface area contributed by atoms with Crippen LogP contribution in [0.15, 0.2) is 40.1 Å². The maximum absolute atomic E-state index is 13.3. The number of hydrogen-bond acceptors (Lipinski definition) is 4. The van der Waals surface area contributed by atoms with Gasteiger partial charge in [-0.25, -0.2) is 9.18 Å². The van der Waals surface area contributed by atoms with E-state index in [1.807, 2.05) is 17.7 Å².